The third-order valence-electron chi connectivity index (χ3n) is 4.73. The Bertz CT molecular complexity index is 1100. The van der Waals surface area contributed by atoms with Crippen LogP contribution < -0.4 is 5.32 Å². The van der Waals surface area contributed by atoms with Gasteiger partial charge in [-0.1, -0.05) is 53.3 Å². The van der Waals surface area contributed by atoms with Crippen LogP contribution in [0.2, 0.25) is 0 Å². The summed E-state index contributed by atoms with van der Waals surface area (Å²) in [6.07, 6.45) is 0.298. The molecule has 7 nitrogen and oxygen atoms in total. The minimum Gasteiger partial charge on any atom is -0.299 e. The van der Waals surface area contributed by atoms with Crippen molar-refractivity contribution in [2.75, 3.05) is 5.32 Å². The Morgan fingerprint density at radius 2 is 1.86 bits per heavy atom. The number of aromatic nitrogens is 2. The number of carbonyl (C=O) groups is 1. The SMILES string of the molecule is Cc1ccc(S(=O)(=O)N2Cc3ccccc3C[C@@H]2C(=O)Nc2nncs2)cc1. The van der Waals surface area contributed by atoms with Gasteiger partial charge in [-0.2, -0.15) is 4.31 Å². The summed E-state index contributed by atoms with van der Waals surface area (Å²) in [4.78, 5) is 13.1. The molecule has 0 aliphatic carbocycles. The Morgan fingerprint density at radius 3 is 2.54 bits per heavy atom. The highest BCUT2D eigenvalue weighted by Gasteiger charge is 2.39. The fraction of sp³-hybridized carbons (Fsp3) is 0.211. The topological polar surface area (TPSA) is 92.3 Å². The highest BCUT2D eigenvalue weighted by atomic mass is 32.2. The molecule has 3 aromatic rings. The molecule has 2 aromatic carbocycles. The van der Waals surface area contributed by atoms with Gasteiger partial charge in [0.05, 0.1) is 4.90 Å². The van der Waals surface area contributed by atoms with Crippen molar-refractivity contribution in [1.29, 1.82) is 0 Å². The molecular formula is C19H18N4O3S2. The van der Waals surface area contributed by atoms with Gasteiger partial charge in [-0.15, -0.1) is 10.2 Å². The van der Waals surface area contributed by atoms with Gasteiger partial charge in [0.25, 0.3) is 0 Å². The number of aryl methyl sites for hydroxylation is 1. The van der Waals surface area contributed by atoms with Crippen molar-refractivity contribution in [3.8, 4) is 0 Å². The van der Waals surface area contributed by atoms with E-state index >= 15 is 0 Å². The third kappa shape index (κ3) is 3.56. The summed E-state index contributed by atoms with van der Waals surface area (Å²) in [7, 11) is -3.85. The quantitative estimate of drug-likeness (QED) is 0.708. The van der Waals surface area contributed by atoms with E-state index in [1.165, 1.54) is 21.2 Å². The summed E-state index contributed by atoms with van der Waals surface area (Å²) in [5.41, 5.74) is 4.34. The summed E-state index contributed by atoms with van der Waals surface area (Å²) in [5.74, 6) is -0.415. The van der Waals surface area contributed by atoms with Gasteiger partial charge >= 0.3 is 0 Å². The average molecular weight is 415 g/mol. The second-order valence-corrected chi connectivity index (χ2v) is 9.31. The minimum absolute atomic E-state index is 0.139. The lowest BCUT2D eigenvalue weighted by molar-refractivity contribution is -0.120. The van der Waals surface area contributed by atoms with E-state index in [2.05, 4.69) is 15.5 Å². The molecule has 144 valence electrons. The van der Waals surface area contributed by atoms with Crippen molar-refractivity contribution in [3.63, 3.8) is 0 Å². The van der Waals surface area contributed by atoms with Crippen LogP contribution >= 0.6 is 11.3 Å². The van der Waals surface area contributed by atoms with Crippen LogP contribution in [0.15, 0.2) is 58.9 Å². The number of amides is 1. The van der Waals surface area contributed by atoms with Crippen LogP contribution in [-0.2, 0) is 27.8 Å². The van der Waals surface area contributed by atoms with Crippen molar-refractivity contribution in [2.45, 2.75) is 30.8 Å². The Morgan fingerprint density at radius 1 is 1.14 bits per heavy atom. The smallest absolute Gasteiger partial charge is 0.245 e. The summed E-state index contributed by atoms with van der Waals surface area (Å²) in [6, 6.07) is 13.4. The number of hydrogen-bond donors (Lipinski definition) is 1. The molecule has 0 unspecified atom stereocenters. The summed E-state index contributed by atoms with van der Waals surface area (Å²) in [6.45, 7) is 2.03. The van der Waals surface area contributed by atoms with Crippen molar-refractivity contribution >= 4 is 32.4 Å². The number of benzene rings is 2. The first-order chi connectivity index (χ1) is 13.4. The van der Waals surface area contributed by atoms with Gasteiger partial charge in [-0.25, -0.2) is 8.42 Å². The first-order valence-corrected chi connectivity index (χ1v) is 11.0. The number of fused-ring (bicyclic) bond motifs is 1. The van der Waals surface area contributed by atoms with Crippen molar-refractivity contribution in [1.82, 2.24) is 14.5 Å². The monoisotopic (exact) mass is 414 g/mol. The van der Waals surface area contributed by atoms with Crippen molar-refractivity contribution < 1.29 is 13.2 Å². The zero-order valence-electron chi connectivity index (χ0n) is 15.1. The normalized spacial score (nSPS) is 17.1. The van der Waals surface area contributed by atoms with Gasteiger partial charge in [0, 0.05) is 6.54 Å². The van der Waals surface area contributed by atoms with Gasteiger partial charge in [0.1, 0.15) is 11.6 Å². The number of nitrogens with one attached hydrogen (secondary N) is 1. The molecule has 0 saturated heterocycles. The Hall–Kier alpha value is -2.62. The van der Waals surface area contributed by atoms with E-state index in [9.17, 15) is 13.2 Å². The second kappa shape index (κ2) is 7.42. The molecule has 2 heterocycles. The minimum atomic E-state index is -3.85. The predicted octanol–water partition coefficient (Wildman–Crippen LogP) is 2.60. The summed E-state index contributed by atoms with van der Waals surface area (Å²) < 4.78 is 28.0. The van der Waals surface area contributed by atoms with Crippen molar-refractivity contribution in [2.24, 2.45) is 0 Å². The molecule has 0 fully saturated rings. The highest BCUT2D eigenvalue weighted by molar-refractivity contribution is 7.89. The van der Waals surface area contributed by atoms with Gasteiger partial charge in [-0.3, -0.25) is 10.1 Å². The number of hydrogen-bond acceptors (Lipinski definition) is 6. The average Bonchev–Trinajstić information content (AvgIpc) is 3.20. The van der Waals surface area contributed by atoms with Crippen LogP contribution in [0.3, 0.4) is 0 Å². The first kappa shape index (κ1) is 18.7. The van der Waals surface area contributed by atoms with E-state index in [0.29, 0.717) is 11.6 Å². The lowest BCUT2D eigenvalue weighted by Gasteiger charge is -2.34. The van der Waals surface area contributed by atoms with E-state index < -0.39 is 22.0 Å². The molecule has 9 heteroatoms. The number of nitrogens with zero attached hydrogens (tertiary/aromatic N) is 3. The maximum absolute atomic E-state index is 13.3. The van der Waals surface area contributed by atoms with E-state index in [0.717, 1.165) is 16.7 Å². The standard InChI is InChI=1S/C19H18N4O3S2/c1-13-6-8-16(9-7-13)28(25,26)23-11-15-5-3-2-4-14(15)10-17(23)18(24)21-19-22-20-12-27-19/h2-9,12,17H,10-11H2,1H3,(H,21,22,24)/t17-/m1/s1. The van der Waals surface area contributed by atoms with E-state index in [1.807, 2.05) is 31.2 Å². The Balaban J connectivity index is 1.72. The summed E-state index contributed by atoms with van der Waals surface area (Å²) >= 11 is 1.19. The van der Waals surface area contributed by atoms with Crippen molar-refractivity contribution in [3.05, 3.63) is 70.7 Å². The second-order valence-electron chi connectivity index (χ2n) is 6.59. The van der Waals surface area contributed by atoms with E-state index in [-0.39, 0.29) is 11.4 Å². The van der Waals surface area contributed by atoms with Gasteiger partial charge in [0.15, 0.2) is 0 Å². The molecule has 4 rings (SSSR count). The lowest BCUT2D eigenvalue weighted by Crippen LogP contribution is -2.50. The molecule has 1 amide bonds. The van der Waals surface area contributed by atoms with Crippen LogP contribution in [0.4, 0.5) is 5.13 Å². The fourth-order valence-corrected chi connectivity index (χ4v) is 5.25. The number of anilines is 1. The molecule has 1 N–H and O–H groups in total. The lowest BCUT2D eigenvalue weighted by atomic mass is 9.95. The Kier molecular flexibility index (Phi) is 4.96. The van der Waals surface area contributed by atoms with Crippen LogP contribution in [0, 0.1) is 6.92 Å². The molecule has 1 atom stereocenters. The van der Waals surface area contributed by atoms with Crippen LogP contribution in [0.5, 0.6) is 0 Å². The number of sulfonamides is 1. The molecule has 0 saturated carbocycles. The maximum atomic E-state index is 13.3. The third-order valence-corrected chi connectivity index (χ3v) is 7.20. The largest absolute Gasteiger partial charge is 0.299 e. The Labute approximate surface area is 167 Å². The predicted molar refractivity (Wildman–Crippen MR) is 106 cm³/mol. The molecular weight excluding hydrogens is 396 g/mol. The fourth-order valence-electron chi connectivity index (χ4n) is 3.24. The zero-order valence-corrected chi connectivity index (χ0v) is 16.7. The van der Waals surface area contributed by atoms with Gasteiger partial charge in [0.2, 0.25) is 21.1 Å². The molecule has 1 aliphatic heterocycles. The number of rotatable bonds is 4. The van der Waals surface area contributed by atoms with E-state index in [1.54, 1.807) is 24.3 Å². The summed E-state index contributed by atoms with van der Waals surface area (Å²) in [5, 5.41) is 10.5. The van der Waals surface area contributed by atoms with E-state index in [4.69, 9.17) is 0 Å². The van der Waals surface area contributed by atoms with Gasteiger partial charge in [-0.05, 0) is 36.6 Å². The molecule has 1 aliphatic rings. The zero-order chi connectivity index (χ0) is 19.7. The van der Waals surface area contributed by atoms with Crippen LogP contribution in [0.25, 0.3) is 0 Å². The molecule has 0 spiro atoms. The highest BCUT2D eigenvalue weighted by Crippen LogP contribution is 2.30. The van der Waals surface area contributed by atoms with Crippen LogP contribution in [0.1, 0.15) is 16.7 Å². The first-order valence-electron chi connectivity index (χ1n) is 8.67. The molecule has 0 radical (unpaired) electrons. The molecule has 0 bridgehead atoms. The van der Waals surface area contributed by atoms with Crippen LogP contribution in [-0.4, -0.2) is 34.9 Å². The molecule has 1 aromatic heterocycles. The van der Waals surface area contributed by atoms with Gasteiger partial charge < -0.3 is 0 Å². The maximum Gasteiger partial charge on any atom is 0.245 e. The molecule has 28 heavy (non-hydrogen) atoms. The number of carbonyl (C=O) groups excluding carboxylic acids is 1.